The first-order valence-corrected chi connectivity index (χ1v) is 8.11. The topological polar surface area (TPSA) is 42.2 Å². The molecular formula is C17H29N3. The maximum atomic E-state index is 6.07. The van der Waals surface area contributed by atoms with Crippen LogP contribution in [0.3, 0.4) is 0 Å². The normalized spacial score (nSPS) is 18.9. The monoisotopic (exact) mass is 275 g/mol. The van der Waals surface area contributed by atoms with Crippen molar-refractivity contribution in [3.05, 3.63) is 30.1 Å². The van der Waals surface area contributed by atoms with Crippen molar-refractivity contribution in [1.82, 2.24) is 9.88 Å². The summed E-state index contributed by atoms with van der Waals surface area (Å²) in [5.74, 6) is 0.788. The van der Waals surface area contributed by atoms with Gasteiger partial charge in [-0.2, -0.15) is 0 Å². The molecule has 1 aliphatic rings. The van der Waals surface area contributed by atoms with Crippen LogP contribution in [-0.4, -0.2) is 36.1 Å². The minimum Gasteiger partial charge on any atom is -0.329 e. The Kier molecular flexibility index (Phi) is 6.48. The average molecular weight is 275 g/mol. The Balaban J connectivity index is 1.86. The summed E-state index contributed by atoms with van der Waals surface area (Å²) >= 11 is 0. The van der Waals surface area contributed by atoms with Crippen molar-refractivity contribution >= 4 is 0 Å². The van der Waals surface area contributed by atoms with Crippen molar-refractivity contribution in [3.63, 3.8) is 0 Å². The number of aromatic nitrogens is 1. The second-order valence-electron chi connectivity index (χ2n) is 6.11. The molecule has 1 atom stereocenters. The first-order valence-electron chi connectivity index (χ1n) is 8.11. The van der Waals surface area contributed by atoms with E-state index in [4.69, 9.17) is 5.73 Å². The first-order chi connectivity index (χ1) is 9.81. The molecule has 1 saturated carbocycles. The van der Waals surface area contributed by atoms with E-state index in [0.717, 1.165) is 25.4 Å². The van der Waals surface area contributed by atoms with E-state index in [-0.39, 0.29) is 0 Å². The summed E-state index contributed by atoms with van der Waals surface area (Å²) in [5.41, 5.74) is 7.24. The van der Waals surface area contributed by atoms with Crippen molar-refractivity contribution < 1.29 is 0 Å². The van der Waals surface area contributed by atoms with Crippen LogP contribution in [0.2, 0.25) is 0 Å². The van der Waals surface area contributed by atoms with Crippen molar-refractivity contribution in [2.45, 2.75) is 51.0 Å². The second-order valence-corrected chi connectivity index (χ2v) is 6.11. The molecule has 112 valence electrons. The van der Waals surface area contributed by atoms with E-state index in [9.17, 15) is 0 Å². The molecule has 0 spiro atoms. The Morgan fingerprint density at radius 2 is 2.00 bits per heavy atom. The van der Waals surface area contributed by atoms with Crippen molar-refractivity contribution in [2.75, 3.05) is 20.1 Å². The fourth-order valence-corrected chi connectivity index (χ4v) is 3.43. The van der Waals surface area contributed by atoms with Gasteiger partial charge in [-0.25, -0.2) is 0 Å². The number of nitrogens with zero attached hydrogens (tertiary/aromatic N) is 2. The lowest BCUT2D eigenvalue weighted by Gasteiger charge is -2.33. The third-order valence-corrected chi connectivity index (χ3v) is 4.70. The van der Waals surface area contributed by atoms with Crippen molar-refractivity contribution in [2.24, 2.45) is 11.7 Å². The molecule has 0 aliphatic heterocycles. The average Bonchev–Trinajstić information content (AvgIpc) is 2.76. The number of nitrogens with two attached hydrogens (primary N) is 1. The maximum absolute atomic E-state index is 6.07. The molecule has 1 aromatic heterocycles. The van der Waals surface area contributed by atoms with Gasteiger partial charge in [0, 0.05) is 37.4 Å². The Bertz CT molecular complexity index is 358. The van der Waals surface area contributed by atoms with Gasteiger partial charge in [0.05, 0.1) is 0 Å². The van der Waals surface area contributed by atoms with Crippen LogP contribution >= 0.6 is 0 Å². The molecule has 0 bridgehead atoms. The Morgan fingerprint density at radius 3 is 2.60 bits per heavy atom. The van der Waals surface area contributed by atoms with Crippen LogP contribution < -0.4 is 5.73 Å². The predicted octanol–water partition coefficient (Wildman–Crippen LogP) is 2.85. The van der Waals surface area contributed by atoms with E-state index in [2.05, 4.69) is 29.1 Å². The standard InChI is InChI=1S/C17H29N3/c1-20(13-11-16-10-6-7-12-19-16)17(14-18)15-8-4-2-3-5-9-15/h6-7,10,12,15,17H,2-5,8-9,11,13-14,18H2,1H3. The molecule has 1 fully saturated rings. The number of hydrogen-bond donors (Lipinski definition) is 1. The molecule has 0 amide bonds. The van der Waals surface area contributed by atoms with Gasteiger partial charge in [0.15, 0.2) is 0 Å². The zero-order valence-corrected chi connectivity index (χ0v) is 12.8. The Hall–Kier alpha value is -0.930. The highest BCUT2D eigenvalue weighted by Crippen LogP contribution is 2.27. The van der Waals surface area contributed by atoms with Crippen LogP contribution in [0.25, 0.3) is 0 Å². The van der Waals surface area contributed by atoms with E-state index in [1.165, 1.54) is 44.2 Å². The van der Waals surface area contributed by atoms with Crippen LogP contribution in [-0.2, 0) is 6.42 Å². The summed E-state index contributed by atoms with van der Waals surface area (Å²) in [5, 5.41) is 0. The molecule has 20 heavy (non-hydrogen) atoms. The van der Waals surface area contributed by atoms with Crippen LogP contribution in [0, 0.1) is 5.92 Å². The summed E-state index contributed by atoms with van der Waals surface area (Å²) in [7, 11) is 2.23. The molecule has 1 aliphatic carbocycles. The minimum absolute atomic E-state index is 0.539. The third-order valence-electron chi connectivity index (χ3n) is 4.70. The Morgan fingerprint density at radius 1 is 1.25 bits per heavy atom. The number of rotatable bonds is 6. The molecule has 2 rings (SSSR count). The van der Waals surface area contributed by atoms with Gasteiger partial charge < -0.3 is 10.6 Å². The quantitative estimate of drug-likeness (QED) is 0.812. The van der Waals surface area contributed by atoms with E-state index in [1.807, 2.05) is 12.3 Å². The van der Waals surface area contributed by atoms with Gasteiger partial charge in [-0.1, -0.05) is 31.7 Å². The van der Waals surface area contributed by atoms with Gasteiger partial charge in [-0.05, 0) is 37.9 Å². The van der Waals surface area contributed by atoms with E-state index < -0.39 is 0 Å². The van der Waals surface area contributed by atoms with Gasteiger partial charge in [-0.3, -0.25) is 4.98 Å². The van der Waals surface area contributed by atoms with E-state index in [1.54, 1.807) is 0 Å². The number of pyridine rings is 1. The molecule has 0 saturated heterocycles. The lowest BCUT2D eigenvalue weighted by Crippen LogP contribution is -2.44. The highest BCUT2D eigenvalue weighted by molar-refractivity contribution is 5.03. The summed E-state index contributed by atoms with van der Waals surface area (Å²) < 4.78 is 0. The molecular weight excluding hydrogens is 246 g/mol. The number of likely N-dealkylation sites (N-methyl/N-ethyl adjacent to an activating group) is 1. The number of hydrogen-bond acceptors (Lipinski definition) is 3. The van der Waals surface area contributed by atoms with E-state index in [0.29, 0.717) is 6.04 Å². The van der Waals surface area contributed by atoms with Gasteiger partial charge >= 0.3 is 0 Å². The lowest BCUT2D eigenvalue weighted by molar-refractivity contribution is 0.168. The molecule has 3 heteroatoms. The molecule has 0 aromatic carbocycles. The zero-order valence-electron chi connectivity index (χ0n) is 12.8. The summed E-state index contributed by atoms with van der Waals surface area (Å²) in [6.45, 7) is 1.83. The summed E-state index contributed by atoms with van der Waals surface area (Å²) in [6, 6.07) is 6.68. The first kappa shape index (κ1) is 15.5. The molecule has 2 N–H and O–H groups in total. The lowest BCUT2D eigenvalue weighted by atomic mass is 9.91. The van der Waals surface area contributed by atoms with Crippen LogP contribution in [0.15, 0.2) is 24.4 Å². The predicted molar refractivity (Wildman–Crippen MR) is 84.6 cm³/mol. The zero-order chi connectivity index (χ0) is 14.2. The van der Waals surface area contributed by atoms with Crippen LogP contribution in [0.5, 0.6) is 0 Å². The molecule has 1 aromatic rings. The summed E-state index contributed by atoms with van der Waals surface area (Å²) in [4.78, 5) is 6.87. The van der Waals surface area contributed by atoms with Crippen LogP contribution in [0.1, 0.15) is 44.2 Å². The van der Waals surface area contributed by atoms with Gasteiger partial charge in [0.2, 0.25) is 0 Å². The Labute approximate surface area is 123 Å². The fraction of sp³-hybridized carbons (Fsp3) is 0.706. The minimum atomic E-state index is 0.539. The van der Waals surface area contributed by atoms with Gasteiger partial charge in [0.25, 0.3) is 0 Å². The molecule has 3 nitrogen and oxygen atoms in total. The molecule has 0 radical (unpaired) electrons. The highest BCUT2D eigenvalue weighted by atomic mass is 15.1. The largest absolute Gasteiger partial charge is 0.329 e. The molecule has 1 unspecified atom stereocenters. The van der Waals surface area contributed by atoms with Crippen LogP contribution in [0.4, 0.5) is 0 Å². The van der Waals surface area contributed by atoms with E-state index >= 15 is 0 Å². The second kappa shape index (κ2) is 8.38. The summed E-state index contributed by atoms with van der Waals surface area (Å²) in [6.07, 6.45) is 11.2. The SMILES string of the molecule is CN(CCc1ccccn1)C(CN)C1CCCCCC1. The van der Waals surface area contributed by atoms with Crippen molar-refractivity contribution in [3.8, 4) is 0 Å². The molecule has 1 heterocycles. The maximum Gasteiger partial charge on any atom is 0.0416 e. The third kappa shape index (κ3) is 4.57. The van der Waals surface area contributed by atoms with Gasteiger partial charge in [-0.15, -0.1) is 0 Å². The highest BCUT2D eigenvalue weighted by Gasteiger charge is 2.24. The fourth-order valence-electron chi connectivity index (χ4n) is 3.43. The van der Waals surface area contributed by atoms with Gasteiger partial charge in [0.1, 0.15) is 0 Å². The smallest absolute Gasteiger partial charge is 0.0416 e. The van der Waals surface area contributed by atoms with Crippen molar-refractivity contribution in [1.29, 1.82) is 0 Å².